The van der Waals surface area contributed by atoms with Crippen molar-refractivity contribution in [2.45, 2.75) is 39.5 Å². The summed E-state index contributed by atoms with van der Waals surface area (Å²) in [5.74, 6) is 0.615. The van der Waals surface area contributed by atoms with Gasteiger partial charge in [0.1, 0.15) is 0 Å². The van der Waals surface area contributed by atoms with Gasteiger partial charge in [-0.25, -0.2) is 0 Å². The molecule has 0 radical (unpaired) electrons. The number of hydrogen-bond donors (Lipinski definition) is 1. The first-order valence-electron chi connectivity index (χ1n) is 5.78. The van der Waals surface area contributed by atoms with E-state index >= 15 is 0 Å². The van der Waals surface area contributed by atoms with Gasteiger partial charge in [0, 0.05) is 17.7 Å². The minimum Gasteiger partial charge on any atom is -0.398 e. The molecule has 1 aliphatic carbocycles. The fourth-order valence-corrected chi connectivity index (χ4v) is 2.40. The van der Waals surface area contributed by atoms with Crippen molar-refractivity contribution < 1.29 is 4.79 Å². The van der Waals surface area contributed by atoms with Crippen LogP contribution in [-0.4, -0.2) is 5.78 Å². The van der Waals surface area contributed by atoms with Gasteiger partial charge in [0.15, 0.2) is 5.78 Å². The summed E-state index contributed by atoms with van der Waals surface area (Å²) in [5, 5.41) is 0. The lowest BCUT2D eigenvalue weighted by Gasteiger charge is -2.38. The van der Waals surface area contributed by atoms with E-state index in [1.807, 2.05) is 13.0 Å². The number of nitrogen functional groups attached to an aromatic ring is 1. The number of fused-ring (bicyclic) bond motifs is 1. The Morgan fingerprint density at radius 2 is 2.00 bits per heavy atom. The van der Waals surface area contributed by atoms with E-state index in [-0.39, 0.29) is 11.2 Å². The molecule has 0 saturated carbocycles. The van der Waals surface area contributed by atoms with E-state index in [9.17, 15) is 4.79 Å². The molecule has 0 aliphatic heterocycles. The number of ketones is 1. The molecule has 0 fully saturated rings. The van der Waals surface area contributed by atoms with Crippen LogP contribution in [0.25, 0.3) is 0 Å². The van der Waals surface area contributed by atoms with Gasteiger partial charge in [-0.1, -0.05) is 26.8 Å². The first kappa shape index (κ1) is 11.2. The lowest BCUT2D eigenvalue weighted by Crippen LogP contribution is -2.35. The van der Waals surface area contributed by atoms with Crippen LogP contribution in [0.3, 0.4) is 0 Å². The predicted molar refractivity (Wildman–Crippen MR) is 66.7 cm³/mol. The average Bonchev–Trinajstić information content (AvgIpc) is 2.19. The second-order valence-electron chi connectivity index (χ2n) is 5.50. The fraction of sp³-hybridized carbons (Fsp3) is 0.500. The van der Waals surface area contributed by atoms with Crippen molar-refractivity contribution in [2.24, 2.45) is 5.92 Å². The number of nitrogens with two attached hydrogens (primary N) is 1. The van der Waals surface area contributed by atoms with Crippen LogP contribution in [0, 0.1) is 12.8 Å². The Kier molecular flexibility index (Phi) is 2.33. The number of aryl methyl sites for hydroxylation is 1. The van der Waals surface area contributed by atoms with Crippen LogP contribution in [0.2, 0.25) is 0 Å². The molecule has 1 unspecified atom stereocenters. The highest BCUT2D eigenvalue weighted by Gasteiger charge is 2.37. The monoisotopic (exact) mass is 217 g/mol. The molecule has 86 valence electrons. The summed E-state index contributed by atoms with van der Waals surface area (Å²) in [4.78, 5) is 12.0. The minimum absolute atomic E-state index is 0.0572. The van der Waals surface area contributed by atoms with Gasteiger partial charge >= 0.3 is 0 Å². The lowest BCUT2D eigenvalue weighted by molar-refractivity contribution is 0.0920. The van der Waals surface area contributed by atoms with Crippen molar-refractivity contribution in [1.29, 1.82) is 0 Å². The highest BCUT2D eigenvalue weighted by Crippen LogP contribution is 2.42. The van der Waals surface area contributed by atoms with E-state index in [2.05, 4.69) is 26.8 Å². The molecule has 1 aliphatic rings. The van der Waals surface area contributed by atoms with E-state index in [1.54, 1.807) is 0 Å². The van der Waals surface area contributed by atoms with Crippen molar-refractivity contribution >= 4 is 11.5 Å². The summed E-state index contributed by atoms with van der Waals surface area (Å²) in [6, 6.07) is 3.93. The van der Waals surface area contributed by atoms with E-state index in [0.717, 1.165) is 22.4 Å². The van der Waals surface area contributed by atoms with Gasteiger partial charge in [0.2, 0.25) is 0 Å². The zero-order chi connectivity index (χ0) is 12.1. The van der Waals surface area contributed by atoms with E-state index < -0.39 is 0 Å². The highest BCUT2D eigenvalue weighted by atomic mass is 16.1. The molecule has 0 aromatic heterocycles. The Morgan fingerprint density at radius 3 is 2.62 bits per heavy atom. The third-order valence-electron chi connectivity index (χ3n) is 4.12. The quantitative estimate of drug-likeness (QED) is 0.679. The van der Waals surface area contributed by atoms with Crippen molar-refractivity contribution in [1.82, 2.24) is 0 Å². The largest absolute Gasteiger partial charge is 0.398 e. The molecule has 0 amide bonds. The van der Waals surface area contributed by atoms with E-state index in [0.29, 0.717) is 12.3 Å². The number of carbonyl (C=O) groups is 1. The number of hydrogen-bond acceptors (Lipinski definition) is 2. The average molecular weight is 217 g/mol. The maximum Gasteiger partial charge on any atom is 0.163 e. The molecular formula is C14H19NO. The van der Waals surface area contributed by atoms with Gasteiger partial charge in [-0.2, -0.15) is 0 Å². The minimum atomic E-state index is 0.0572. The molecule has 2 N–H and O–H groups in total. The van der Waals surface area contributed by atoms with Gasteiger partial charge in [-0.3, -0.25) is 4.79 Å². The third-order valence-corrected chi connectivity index (χ3v) is 4.12. The van der Waals surface area contributed by atoms with Crippen LogP contribution in [0.15, 0.2) is 12.1 Å². The number of rotatable bonds is 0. The molecule has 0 bridgehead atoms. The van der Waals surface area contributed by atoms with Crippen molar-refractivity contribution in [3.8, 4) is 0 Å². The van der Waals surface area contributed by atoms with Crippen LogP contribution < -0.4 is 5.73 Å². The molecular weight excluding hydrogens is 198 g/mol. The van der Waals surface area contributed by atoms with E-state index in [4.69, 9.17) is 5.73 Å². The van der Waals surface area contributed by atoms with Crippen molar-refractivity contribution in [3.05, 3.63) is 28.8 Å². The predicted octanol–water partition coefficient (Wildman–Crippen LogP) is 3.08. The number of anilines is 1. The standard InChI is InChI=1S/C14H19NO/c1-8-5-11-10(7-12(8)15)13(16)6-9(2)14(11,3)4/h5,7,9H,6,15H2,1-4H3. The molecule has 0 saturated heterocycles. The Hall–Kier alpha value is -1.31. The van der Waals surface area contributed by atoms with Crippen LogP contribution in [-0.2, 0) is 5.41 Å². The highest BCUT2D eigenvalue weighted by molar-refractivity contribution is 6.00. The first-order valence-corrected chi connectivity index (χ1v) is 5.78. The van der Waals surface area contributed by atoms with Gasteiger partial charge in [0.05, 0.1) is 0 Å². The van der Waals surface area contributed by atoms with Crippen LogP contribution >= 0.6 is 0 Å². The molecule has 1 atom stereocenters. The number of carbonyl (C=O) groups excluding carboxylic acids is 1. The maximum atomic E-state index is 12.0. The van der Waals surface area contributed by atoms with Crippen molar-refractivity contribution in [3.63, 3.8) is 0 Å². The van der Waals surface area contributed by atoms with Crippen LogP contribution in [0.1, 0.15) is 48.7 Å². The summed E-state index contributed by atoms with van der Waals surface area (Å²) >= 11 is 0. The van der Waals surface area contributed by atoms with Crippen LogP contribution in [0.5, 0.6) is 0 Å². The molecule has 1 aromatic rings. The molecule has 0 heterocycles. The fourth-order valence-electron chi connectivity index (χ4n) is 2.40. The van der Waals surface area contributed by atoms with Gasteiger partial charge in [-0.05, 0) is 35.4 Å². The van der Waals surface area contributed by atoms with Gasteiger partial charge < -0.3 is 5.73 Å². The summed E-state index contributed by atoms with van der Waals surface area (Å²) < 4.78 is 0. The summed E-state index contributed by atoms with van der Waals surface area (Å²) in [6.07, 6.45) is 0.627. The normalized spacial score (nSPS) is 23.0. The first-order chi connectivity index (χ1) is 7.34. The second-order valence-corrected chi connectivity index (χ2v) is 5.50. The molecule has 2 nitrogen and oxygen atoms in total. The second kappa shape index (κ2) is 3.34. The molecule has 16 heavy (non-hydrogen) atoms. The molecule has 0 spiro atoms. The summed E-state index contributed by atoms with van der Waals surface area (Å²) in [7, 11) is 0. The SMILES string of the molecule is Cc1cc2c(cc1N)C(=O)CC(C)C2(C)C. The van der Waals surface area contributed by atoms with Gasteiger partial charge in [-0.15, -0.1) is 0 Å². The Bertz CT molecular complexity index is 460. The molecule has 1 aromatic carbocycles. The lowest BCUT2D eigenvalue weighted by atomic mass is 9.65. The molecule has 2 heteroatoms. The van der Waals surface area contributed by atoms with Crippen LogP contribution in [0.4, 0.5) is 5.69 Å². The summed E-state index contributed by atoms with van der Waals surface area (Å²) in [5.41, 5.74) is 9.70. The zero-order valence-electron chi connectivity index (χ0n) is 10.4. The van der Waals surface area contributed by atoms with Gasteiger partial charge in [0.25, 0.3) is 0 Å². The Balaban J connectivity index is 2.70. The zero-order valence-corrected chi connectivity index (χ0v) is 10.4. The topological polar surface area (TPSA) is 43.1 Å². The summed E-state index contributed by atoms with van der Waals surface area (Å²) in [6.45, 7) is 8.55. The number of Topliss-reactive ketones (excluding diaryl/α,β-unsaturated/α-hetero) is 1. The Morgan fingerprint density at radius 1 is 1.38 bits per heavy atom. The van der Waals surface area contributed by atoms with Crippen molar-refractivity contribution in [2.75, 3.05) is 5.73 Å². The third kappa shape index (κ3) is 1.44. The smallest absolute Gasteiger partial charge is 0.163 e. The molecule has 2 rings (SSSR count). The van der Waals surface area contributed by atoms with E-state index in [1.165, 1.54) is 0 Å². The number of benzene rings is 1. The maximum absolute atomic E-state index is 12.0. The Labute approximate surface area is 96.8 Å².